The van der Waals surface area contributed by atoms with E-state index in [4.69, 9.17) is 18.9 Å². The average molecular weight is 349 g/mol. The number of piperidine rings is 1. The van der Waals surface area contributed by atoms with Gasteiger partial charge in [0.2, 0.25) is 5.91 Å². The Morgan fingerprint density at radius 2 is 1.80 bits per heavy atom. The first-order chi connectivity index (χ1) is 12.2. The van der Waals surface area contributed by atoms with E-state index >= 15 is 0 Å². The lowest BCUT2D eigenvalue weighted by Gasteiger charge is -2.34. The molecule has 25 heavy (non-hydrogen) atoms. The summed E-state index contributed by atoms with van der Waals surface area (Å²) in [5, 5.41) is 0. The van der Waals surface area contributed by atoms with Gasteiger partial charge < -0.3 is 23.8 Å². The third-order valence-corrected chi connectivity index (χ3v) is 5.00. The minimum atomic E-state index is -0.0657. The van der Waals surface area contributed by atoms with Crippen LogP contribution in [0.15, 0.2) is 18.2 Å². The lowest BCUT2D eigenvalue weighted by Crippen LogP contribution is -2.41. The lowest BCUT2D eigenvalue weighted by molar-refractivity contribution is -0.136. The number of carbonyl (C=O) groups is 1. The molecule has 6 heteroatoms. The van der Waals surface area contributed by atoms with E-state index in [1.807, 2.05) is 23.1 Å². The molecule has 0 spiro atoms. The fourth-order valence-electron chi connectivity index (χ4n) is 3.52. The molecule has 138 valence electrons. The summed E-state index contributed by atoms with van der Waals surface area (Å²) in [4.78, 5) is 14.4. The first-order valence-electron chi connectivity index (χ1n) is 8.93. The van der Waals surface area contributed by atoms with Crippen molar-refractivity contribution in [1.82, 2.24) is 4.90 Å². The van der Waals surface area contributed by atoms with Crippen molar-refractivity contribution in [3.05, 3.63) is 23.8 Å². The first-order valence-corrected chi connectivity index (χ1v) is 8.93. The maximum atomic E-state index is 12.5. The summed E-state index contributed by atoms with van der Waals surface area (Å²) in [6.07, 6.45) is 3.05. The van der Waals surface area contributed by atoms with Gasteiger partial charge in [-0.15, -0.1) is 0 Å². The standard InChI is InChI=1S/C19H27NO5/c1-22-16-5-3-14(13-17(16)23-2)4-6-18(21)20-9-7-15(8-10-20)19-24-11-12-25-19/h3,5,13,15,19H,4,6-12H2,1-2H3. The molecular formula is C19H27NO5. The quantitative estimate of drug-likeness (QED) is 0.788. The maximum Gasteiger partial charge on any atom is 0.222 e. The molecule has 1 aromatic carbocycles. The van der Waals surface area contributed by atoms with Gasteiger partial charge >= 0.3 is 0 Å². The van der Waals surface area contributed by atoms with Gasteiger partial charge in [0, 0.05) is 25.4 Å². The van der Waals surface area contributed by atoms with Crippen molar-refractivity contribution in [2.45, 2.75) is 32.0 Å². The number of amides is 1. The number of hydrogen-bond donors (Lipinski definition) is 0. The van der Waals surface area contributed by atoms with Gasteiger partial charge in [-0.2, -0.15) is 0 Å². The number of rotatable bonds is 6. The second-order valence-electron chi connectivity index (χ2n) is 6.52. The number of hydrogen-bond acceptors (Lipinski definition) is 5. The number of aryl methyl sites for hydroxylation is 1. The molecular weight excluding hydrogens is 322 g/mol. The molecule has 0 N–H and O–H groups in total. The monoisotopic (exact) mass is 349 g/mol. The molecule has 3 rings (SSSR count). The zero-order valence-electron chi connectivity index (χ0n) is 15.0. The Balaban J connectivity index is 1.46. The molecule has 0 unspecified atom stereocenters. The molecule has 0 bridgehead atoms. The van der Waals surface area contributed by atoms with Gasteiger partial charge in [0.15, 0.2) is 17.8 Å². The van der Waals surface area contributed by atoms with E-state index in [1.165, 1.54) is 0 Å². The molecule has 0 aliphatic carbocycles. The number of ether oxygens (including phenoxy) is 4. The fourth-order valence-corrected chi connectivity index (χ4v) is 3.52. The second-order valence-corrected chi connectivity index (χ2v) is 6.52. The van der Waals surface area contributed by atoms with Crippen molar-refractivity contribution in [2.75, 3.05) is 40.5 Å². The average Bonchev–Trinajstić information content (AvgIpc) is 3.20. The van der Waals surface area contributed by atoms with Gasteiger partial charge in [-0.3, -0.25) is 4.79 Å². The van der Waals surface area contributed by atoms with E-state index in [0.717, 1.165) is 31.5 Å². The van der Waals surface area contributed by atoms with Crippen molar-refractivity contribution in [2.24, 2.45) is 5.92 Å². The van der Waals surface area contributed by atoms with Crippen LogP contribution < -0.4 is 9.47 Å². The van der Waals surface area contributed by atoms with Gasteiger partial charge in [0.05, 0.1) is 27.4 Å². The molecule has 0 aromatic heterocycles. The highest BCUT2D eigenvalue weighted by Crippen LogP contribution is 2.29. The molecule has 6 nitrogen and oxygen atoms in total. The minimum Gasteiger partial charge on any atom is -0.493 e. The van der Waals surface area contributed by atoms with Crippen LogP contribution in [0.5, 0.6) is 11.5 Å². The van der Waals surface area contributed by atoms with E-state index in [-0.39, 0.29) is 12.2 Å². The smallest absolute Gasteiger partial charge is 0.222 e. The van der Waals surface area contributed by atoms with Gasteiger partial charge in [0.1, 0.15) is 0 Å². The van der Waals surface area contributed by atoms with Gasteiger partial charge in [0.25, 0.3) is 0 Å². The number of benzene rings is 1. The summed E-state index contributed by atoms with van der Waals surface area (Å²) in [5.74, 6) is 2.03. The Morgan fingerprint density at radius 3 is 2.44 bits per heavy atom. The highest BCUT2D eigenvalue weighted by atomic mass is 16.7. The number of nitrogens with zero attached hydrogens (tertiary/aromatic N) is 1. The summed E-state index contributed by atoms with van der Waals surface area (Å²) in [5.41, 5.74) is 1.08. The summed E-state index contributed by atoms with van der Waals surface area (Å²) >= 11 is 0. The van der Waals surface area contributed by atoms with Crippen LogP contribution in [0.1, 0.15) is 24.8 Å². The van der Waals surface area contributed by atoms with E-state index in [9.17, 15) is 4.79 Å². The highest BCUT2D eigenvalue weighted by Gasteiger charge is 2.31. The molecule has 0 radical (unpaired) electrons. The molecule has 2 heterocycles. The van der Waals surface area contributed by atoms with Crippen molar-refractivity contribution in [3.63, 3.8) is 0 Å². The SMILES string of the molecule is COc1ccc(CCC(=O)N2CCC(C3OCCO3)CC2)cc1OC. The molecule has 1 amide bonds. The van der Waals surface area contributed by atoms with E-state index in [2.05, 4.69) is 0 Å². The predicted octanol–water partition coefficient (Wildman–Crippen LogP) is 2.25. The number of methoxy groups -OCH3 is 2. The molecule has 2 aliphatic heterocycles. The van der Waals surface area contributed by atoms with Crippen LogP contribution in [0.4, 0.5) is 0 Å². The summed E-state index contributed by atoms with van der Waals surface area (Å²) in [6, 6.07) is 5.80. The normalized spacial score (nSPS) is 19.2. The van der Waals surface area contributed by atoms with Crippen molar-refractivity contribution in [1.29, 1.82) is 0 Å². The Labute approximate surface area is 149 Å². The largest absolute Gasteiger partial charge is 0.493 e. The topological polar surface area (TPSA) is 57.2 Å². The lowest BCUT2D eigenvalue weighted by atomic mass is 9.95. The Hall–Kier alpha value is -1.79. The summed E-state index contributed by atoms with van der Waals surface area (Å²) in [6.45, 7) is 2.96. The van der Waals surface area contributed by atoms with Crippen LogP contribution in [0.2, 0.25) is 0 Å². The van der Waals surface area contributed by atoms with Crippen molar-refractivity contribution >= 4 is 5.91 Å². The maximum absolute atomic E-state index is 12.5. The van der Waals surface area contributed by atoms with Crippen molar-refractivity contribution < 1.29 is 23.7 Å². The van der Waals surface area contributed by atoms with Crippen LogP contribution in [0, 0.1) is 5.92 Å². The third-order valence-electron chi connectivity index (χ3n) is 5.00. The van der Waals surface area contributed by atoms with Gasteiger partial charge in [-0.05, 0) is 37.0 Å². The Morgan fingerprint density at radius 1 is 1.12 bits per heavy atom. The summed E-state index contributed by atoms with van der Waals surface area (Å²) in [7, 11) is 3.24. The number of likely N-dealkylation sites (tertiary alicyclic amines) is 1. The molecule has 2 fully saturated rings. The molecule has 2 saturated heterocycles. The van der Waals surface area contributed by atoms with Crippen LogP contribution in [-0.4, -0.2) is 57.6 Å². The first kappa shape index (κ1) is 18.0. The zero-order valence-corrected chi connectivity index (χ0v) is 15.0. The fraction of sp³-hybridized carbons (Fsp3) is 0.632. The highest BCUT2D eigenvalue weighted by molar-refractivity contribution is 5.76. The second kappa shape index (κ2) is 8.54. The zero-order chi connectivity index (χ0) is 17.6. The number of carbonyl (C=O) groups excluding carboxylic acids is 1. The van der Waals surface area contributed by atoms with E-state index in [1.54, 1.807) is 14.2 Å². The molecule has 1 aromatic rings. The van der Waals surface area contributed by atoms with Crippen LogP contribution in [-0.2, 0) is 20.7 Å². The predicted molar refractivity (Wildman–Crippen MR) is 92.9 cm³/mol. The van der Waals surface area contributed by atoms with Gasteiger partial charge in [-0.1, -0.05) is 6.07 Å². The molecule has 2 aliphatic rings. The van der Waals surface area contributed by atoms with E-state index < -0.39 is 0 Å². The molecule has 0 saturated carbocycles. The minimum absolute atomic E-state index is 0.0657. The van der Waals surface area contributed by atoms with E-state index in [0.29, 0.717) is 43.5 Å². The van der Waals surface area contributed by atoms with Crippen LogP contribution >= 0.6 is 0 Å². The summed E-state index contributed by atoms with van der Waals surface area (Å²) < 4.78 is 21.7. The molecule has 0 atom stereocenters. The van der Waals surface area contributed by atoms with Gasteiger partial charge in [-0.25, -0.2) is 0 Å². The Kier molecular flexibility index (Phi) is 6.15. The third kappa shape index (κ3) is 4.44. The van der Waals surface area contributed by atoms with Crippen molar-refractivity contribution in [3.8, 4) is 11.5 Å². The van der Waals surface area contributed by atoms with Crippen LogP contribution in [0.25, 0.3) is 0 Å². The van der Waals surface area contributed by atoms with Crippen LogP contribution in [0.3, 0.4) is 0 Å². The Bertz CT molecular complexity index is 577.